The standard InChI is InChI=1S/C18H14N4OS2/c1-21-8-14(13-7-12(23-2)3-4-16(13)21)17-20-22-9-15(19-18(22)25-17)11-5-6-24-10-11/h3-10H,1-2H3. The van der Waals surface area contributed by atoms with E-state index in [1.807, 2.05) is 23.8 Å². The predicted octanol–water partition coefficient (Wildman–Crippen LogP) is 4.69. The lowest BCUT2D eigenvalue weighted by Crippen LogP contribution is -1.85. The van der Waals surface area contributed by atoms with E-state index in [-0.39, 0.29) is 0 Å². The molecule has 0 amide bonds. The number of benzene rings is 1. The lowest BCUT2D eigenvalue weighted by Gasteiger charge is -2.01. The SMILES string of the molecule is COc1ccc2c(c1)c(-c1nn3cc(-c4ccsc4)nc3s1)cn2C. The Morgan fingerprint density at radius 1 is 1.16 bits per heavy atom. The third-order valence-corrected chi connectivity index (χ3v) is 5.93. The molecular weight excluding hydrogens is 352 g/mol. The minimum Gasteiger partial charge on any atom is -0.497 e. The zero-order chi connectivity index (χ0) is 17.0. The third-order valence-electron chi connectivity index (χ3n) is 4.29. The first-order valence-electron chi connectivity index (χ1n) is 7.75. The lowest BCUT2D eigenvalue weighted by atomic mass is 10.2. The van der Waals surface area contributed by atoms with Gasteiger partial charge in [-0.05, 0) is 29.6 Å². The minimum atomic E-state index is 0.848. The number of ether oxygens (including phenoxy) is 1. The van der Waals surface area contributed by atoms with Gasteiger partial charge in [-0.15, -0.1) is 0 Å². The molecule has 4 heterocycles. The van der Waals surface area contributed by atoms with Crippen LogP contribution in [0.25, 0.3) is 37.7 Å². The number of methoxy groups -OCH3 is 1. The van der Waals surface area contributed by atoms with Gasteiger partial charge in [-0.3, -0.25) is 0 Å². The summed E-state index contributed by atoms with van der Waals surface area (Å²) >= 11 is 3.27. The zero-order valence-electron chi connectivity index (χ0n) is 13.6. The number of aryl methyl sites for hydroxylation is 1. The van der Waals surface area contributed by atoms with Crippen LogP contribution < -0.4 is 4.74 Å². The van der Waals surface area contributed by atoms with Gasteiger partial charge in [-0.2, -0.15) is 16.4 Å². The molecule has 0 aliphatic carbocycles. The number of imidazole rings is 1. The molecule has 5 rings (SSSR count). The molecular formula is C18H14N4OS2. The van der Waals surface area contributed by atoms with E-state index in [0.717, 1.165) is 43.4 Å². The van der Waals surface area contributed by atoms with Crippen molar-refractivity contribution >= 4 is 38.5 Å². The quantitative estimate of drug-likeness (QED) is 0.465. The van der Waals surface area contributed by atoms with Gasteiger partial charge in [-0.25, -0.2) is 9.50 Å². The lowest BCUT2D eigenvalue weighted by molar-refractivity contribution is 0.415. The summed E-state index contributed by atoms with van der Waals surface area (Å²) in [7, 11) is 3.74. The van der Waals surface area contributed by atoms with Gasteiger partial charge >= 0.3 is 0 Å². The number of thiophene rings is 1. The van der Waals surface area contributed by atoms with Gasteiger partial charge in [0.25, 0.3) is 0 Å². The van der Waals surface area contributed by atoms with E-state index >= 15 is 0 Å². The van der Waals surface area contributed by atoms with E-state index in [1.165, 1.54) is 0 Å². The molecule has 0 radical (unpaired) electrons. The second kappa shape index (κ2) is 5.44. The van der Waals surface area contributed by atoms with E-state index in [1.54, 1.807) is 29.8 Å². The highest BCUT2D eigenvalue weighted by Crippen LogP contribution is 2.35. The first-order chi connectivity index (χ1) is 12.2. The normalized spacial score (nSPS) is 11.6. The molecule has 0 saturated carbocycles. The summed E-state index contributed by atoms with van der Waals surface area (Å²) in [6.45, 7) is 0. The Hall–Kier alpha value is -2.64. The number of aromatic nitrogens is 4. The van der Waals surface area contributed by atoms with Crippen molar-refractivity contribution < 1.29 is 4.74 Å². The molecule has 0 saturated heterocycles. The monoisotopic (exact) mass is 366 g/mol. The molecule has 4 aromatic heterocycles. The van der Waals surface area contributed by atoms with Crippen molar-refractivity contribution in [3.8, 4) is 27.6 Å². The van der Waals surface area contributed by atoms with Crippen molar-refractivity contribution in [3.63, 3.8) is 0 Å². The van der Waals surface area contributed by atoms with Crippen molar-refractivity contribution in [3.05, 3.63) is 47.4 Å². The molecule has 1 aromatic carbocycles. The fourth-order valence-corrected chi connectivity index (χ4v) is 4.58. The van der Waals surface area contributed by atoms with Gasteiger partial charge in [-0.1, -0.05) is 11.3 Å². The predicted molar refractivity (Wildman–Crippen MR) is 103 cm³/mol. The Bertz CT molecular complexity index is 1170. The van der Waals surface area contributed by atoms with Crippen LogP contribution in [0.15, 0.2) is 47.4 Å². The Kier molecular flexibility index (Phi) is 3.19. The number of rotatable bonds is 3. The summed E-state index contributed by atoms with van der Waals surface area (Å²) in [5, 5.41) is 11.0. The Balaban J connectivity index is 1.65. The molecule has 7 heteroatoms. The molecule has 5 aromatic rings. The van der Waals surface area contributed by atoms with Crippen LogP contribution in [0.4, 0.5) is 0 Å². The Labute approximate surface area is 151 Å². The number of hydrogen-bond acceptors (Lipinski definition) is 5. The molecule has 0 fully saturated rings. The number of hydrogen-bond donors (Lipinski definition) is 0. The fourth-order valence-electron chi connectivity index (χ4n) is 3.03. The van der Waals surface area contributed by atoms with Gasteiger partial charge in [0.1, 0.15) is 10.8 Å². The Morgan fingerprint density at radius 3 is 2.84 bits per heavy atom. The molecule has 0 aliphatic rings. The maximum absolute atomic E-state index is 5.38. The first kappa shape index (κ1) is 14.7. The van der Waals surface area contributed by atoms with Crippen molar-refractivity contribution in [2.24, 2.45) is 7.05 Å². The highest BCUT2D eigenvalue weighted by atomic mass is 32.1. The summed E-state index contributed by atoms with van der Waals surface area (Å²) in [6.07, 6.45) is 4.10. The summed E-state index contributed by atoms with van der Waals surface area (Å²) in [6, 6.07) is 8.19. The highest BCUT2D eigenvalue weighted by molar-refractivity contribution is 7.20. The molecule has 124 valence electrons. The van der Waals surface area contributed by atoms with Gasteiger partial charge < -0.3 is 9.30 Å². The molecule has 5 nitrogen and oxygen atoms in total. The molecule has 0 bridgehead atoms. The maximum atomic E-state index is 5.38. The summed E-state index contributed by atoms with van der Waals surface area (Å²) in [5.74, 6) is 0.848. The summed E-state index contributed by atoms with van der Waals surface area (Å²) < 4.78 is 9.36. The van der Waals surface area contributed by atoms with Crippen LogP contribution in [0, 0.1) is 0 Å². The van der Waals surface area contributed by atoms with Gasteiger partial charge in [0.05, 0.1) is 19.0 Å². The molecule has 0 spiro atoms. The van der Waals surface area contributed by atoms with Crippen LogP contribution in [0.2, 0.25) is 0 Å². The number of fused-ring (bicyclic) bond motifs is 2. The van der Waals surface area contributed by atoms with Crippen molar-refractivity contribution in [2.75, 3.05) is 7.11 Å². The van der Waals surface area contributed by atoms with Crippen LogP contribution >= 0.6 is 22.7 Å². The van der Waals surface area contributed by atoms with Crippen LogP contribution in [0.3, 0.4) is 0 Å². The minimum absolute atomic E-state index is 0.848. The largest absolute Gasteiger partial charge is 0.497 e. The third kappa shape index (κ3) is 2.27. The Morgan fingerprint density at radius 2 is 2.08 bits per heavy atom. The smallest absolute Gasteiger partial charge is 0.213 e. The fraction of sp³-hybridized carbons (Fsp3) is 0.111. The molecule has 0 N–H and O–H groups in total. The summed E-state index contributed by atoms with van der Waals surface area (Å²) in [4.78, 5) is 5.62. The van der Waals surface area contributed by atoms with Crippen LogP contribution in [0.5, 0.6) is 5.75 Å². The second-order valence-electron chi connectivity index (χ2n) is 5.81. The number of nitrogens with zero attached hydrogens (tertiary/aromatic N) is 4. The average molecular weight is 366 g/mol. The van der Waals surface area contributed by atoms with E-state index < -0.39 is 0 Å². The van der Waals surface area contributed by atoms with E-state index in [0.29, 0.717) is 0 Å². The van der Waals surface area contributed by atoms with Gasteiger partial charge in [0.2, 0.25) is 4.96 Å². The molecule has 0 atom stereocenters. The first-order valence-corrected chi connectivity index (χ1v) is 9.51. The zero-order valence-corrected chi connectivity index (χ0v) is 15.3. The van der Waals surface area contributed by atoms with Crippen molar-refractivity contribution in [2.45, 2.75) is 0 Å². The van der Waals surface area contributed by atoms with E-state index in [9.17, 15) is 0 Å². The molecule has 0 aliphatic heterocycles. The van der Waals surface area contributed by atoms with Crippen molar-refractivity contribution in [1.82, 2.24) is 19.2 Å². The van der Waals surface area contributed by atoms with Crippen LogP contribution in [-0.2, 0) is 7.05 Å². The van der Waals surface area contributed by atoms with Crippen molar-refractivity contribution in [1.29, 1.82) is 0 Å². The van der Waals surface area contributed by atoms with Crippen LogP contribution in [0.1, 0.15) is 0 Å². The second-order valence-corrected chi connectivity index (χ2v) is 7.55. The van der Waals surface area contributed by atoms with Gasteiger partial charge in [0.15, 0.2) is 0 Å². The average Bonchev–Trinajstić information content (AvgIpc) is 3.36. The van der Waals surface area contributed by atoms with E-state index in [4.69, 9.17) is 14.8 Å². The summed E-state index contributed by atoms with van der Waals surface area (Å²) in [5.41, 5.74) is 4.36. The van der Waals surface area contributed by atoms with E-state index in [2.05, 4.69) is 39.7 Å². The van der Waals surface area contributed by atoms with Crippen LogP contribution in [-0.4, -0.2) is 26.3 Å². The highest BCUT2D eigenvalue weighted by Gasteiger charge is 2.16. The maximum Gasteiger partial charge on any atom is 0.213 e. The molecule has 25 heavy (non-hydrogen) atoms. The van der Waals surface area contributed by atoms with Gasteiger partial charge in [0, 0.05) is 40.7 Å². The molecule has 0 unspecified atom stereocenters. The topological polar surface area (TPSA) is 44.4 Å².